The Labute approximate surface area is 87.2 Å². The molecular weight excluding hydrogens is 209 g/mol. The Bertz CT molecular complexity index is 204. The smallest absolute Gasteiger partial charge is 0.381 e. The SMILES string of the molecule is CC(CN)(NCC(F)(F)F)C1CCOC1. The Hall–Kier alpha value is -0.330. The van der Waals surface area contributed by atoms with Crippen LogP contribution in [0.5, 0.6) is 0 Å². The predicted molar refractivity (Wildman–Crippen MR) is 50.4 cm³/mol. The van der Waals surface area contributed by atoms with Crippen molar-refractivity contribution in [1.29, 1.82) is 0 Å². The summed E-state index contributed by atoms with van der Waals surface area (Å²) < 4.78 is 41.4. The van der Waals surface area contributed by atoms with E-state index in [0.29, 0.717) is 13.2 Å². The minimum absolute atomic E-state index is 0.0600. The van der Waals surface area contributed by atoms with Gasteiger partial charge in [-0.25, -0.2) is 0 Å². The molecule has 2 unspecified atom stereocenters. The monoisotopic (exact) mass is 226 g/mol. The van der Waals surface area contributed by atoms with Gasteiger partial charge >= 0.3 is 6.18 Å². The second kappa shape index (κ2) is 4.67. The normalized spacial score (nSPS) is 26.6. The number of nitrogens with two attached hydrogens (primary N) is 1. The maximum absolute atomic E-state index is 12.1. The average molecular weight is 226 g/mol. The number of hydrogen-bond acceptors (Lipinski definition) is 3. The summed E-state index contributed by atoms with van der Waals surface area (Å²) in [6.45, 7) is 1.99. The number of alkyl halides is 3. The number of halogens is 3. The van der Waals surface area contributed by atoms with Crippen LogP contribution < -0.4 is 11.1 Å². The van der Waals surface area contributed by atoms with Crippen LogP contribution in [0.15, 0.2) is 0 Å². The van der Waals surface area contributed by atoms with E-state index in [1.54, 1.807) is 6.92 Å². The fourth-order valence-corrected chi connectivity index (χ4v) is 1.72. The molecule has 0 radical (unpaired) electrons. The third-order valence-corrected chi connectivity index (χ3v) is 2.95. The second-order valence-corrected chi connectivity index (χ2v) is 4.15. The van der Waals surface area contributed by atoms with Crippen LogP contribution in [0.1, 0.15) is 13.3 Å². The summed E-state index contributed by atoms with van der Waals surface area (Å²) in [5.41, 5.74) is 4.84. The van der Waals surface area contributed by atoms with Crippen LogP contribution in [-0.4, -0.2) is 38.0 Å². The van der Waals surface area contributed by atoms with Crippen molar-refractivity contribution in [2.45, 2.75) is 25.1 Å². The lowest BCUT2D eigenvalue weighted by Gasteiger charge is -2.35. The topological polar surface area (TPSA) is 47.3 Å². The van der Waals surface area contributed by atoms with Gasteiger partial charge < -0.3 is 15.8 Å². The molecule has 0 amide bonds. The summed E-state index contributed by atoms with van der Waals surface area (Å²) in [6.07, 6.45) is -3.44. The van der Waals surface area contributed by atoms with E-state index >= 15 is 0 Å². The summed E-state index contributed by atoms with van der Waals surface area (Å²) in [4.78, 5) is 0. The zero-order chi connectivity index (χ0) is 11.5. The van der Waals surface area contributed by atoms with Gasteiger partial charge in [0.05, 0.1) is 13.2 Å². The molecular formula is C9H17F3N2O. The summed E-state index contributed by atoms with van der Waals surface area (Å²) >= 11 is 0. The molecule has 0 aromatic carbocycles. The van der Waals surface area contributed by atoms with Gasteiger partial charge in [-0.05, 0) is 13.3 Å². The highest BCUT2D eigenvalue weighted by Gasteiger charge is 2.38. The zero-order valence-electron chi connectivity index (χ0n) is 8.73. The minimum Gasteiger partial charge on any atom is -0.381 e. The average Bonchev–Trinajstić information content (AvgIpc) is 2.66. The van der Waals surface area contributed by atoms with Crippen LogP contribution in [0.25, 0.3) is 0 Å². The van der Waals surface area contributed by atoms with Crippen molar-refractivity contribution in [3.05, 3.63) is 0 Å². The summed E-state index contributed by atoms with van der Waals surface area (Å²) in [7, 11) is 0. The summed E-state index contributed by atoms with van der Waals surface area (Å²) in [6, 6.07) is 0. The molecule has 0 aromatic rings. The molecule has 1 fully saturated rings. The molecule has 1 saturated heterocycles. The van der Waals surface area contributed by atoms with Crippen molar-refractivity contribution in [2.24, 2.45) is 11.7 Å². The highest BCUT2D eigenvalue weighted by atomic mass is 19.4. The molecule has 0 bridgehead atoms. The van der Waals surface area contributed by atoms with Crippen LogP contribution in [-0.2, 0) is 4.74 Å². The fraction of sp³-hybridized carbons (Fsp3) is 1.00. The molecule has 1 rings (SSSR count). The van der Waals surface area contributed by atoms with Gasteiger partial charge in [0, 0.05) is 24.6 Å². The van der Waals surface area contributed by atoms with Crippen molar-refractivity contribution in [1.82, 2.24) is 5.32 Å². The van der Waals surface area contributed by atoms with Crippen LogP contribution in [0.3, 0.4) is 0 Å². The van der Waals surface area contributed by atoms with Crippen LogP contribution in [0.2, 0.25) is 0 Å². The quantitative estimate of drug-likeness (QED) is 0.748. The highest BCUT2D eigenvalue weighted by Crippen LogP contribution is 2.26. The largest absolute Gasteiger partial charge is 0.401 e. The molecule has 15 heavy (non-hydrogen) atoms. The molecule has 3 nitrogen and oxygen atoms in total. The number of rotatable bonds is 4. The van der Waals surface area contributed by atoms with E-state index in [0.717, 1.165) is 6.42 Å². The van der Waals surface area contributed by atoms with Gasteiger partial charge in [-0.15, -0.1) is 0 Å². The van der Waals surface area contributed by atoms with Gasteiger partial charge in [0.1, 0.15) is 0 Å². The van der Waals surface area contributed by atoms with Gasteiger partial charge in [-0.1, -0.05) is 0 Å². The lowest BCUT2D eigenvalue weighted by molar-refractivity contribution is -0.129. The minimum atomic E-state index is -4.20. The van der Waals surface area contributed by atoms with Crippen LogP contribution >= 0.6 is 0 Å². The van der Waals surface area contributed by atoms with E-state index in [1.165, 1.54) is 0 Å². The van der Waals surface area contributed by atoms with Crippen molar-refractivity contribution >= 4 is 0 Å². The lowest BCUT2D eigenvalue weighted by Crippen LogP contribution is -2.56. The predicted octanol–water partition coefficient (Wildman–Crippen LogP) is 0.892. The highest BCUT2D eigenvalue weighted by molar-refractivity contribution is 4.93. The Morgan fingerprint density at radius 2 is 2.13 bits per heavy atom. The van der Waals surface area contributed by atoms with Crippen LogP contribution in [0, 0.1) is 5.92 Å². The van der Waals surface area contributed by atoms with Crippen LogP contribution in [0.4, 0.5) is 13.2 Å². The Balaban J connectivity index is 2.51. The Morgan fingerprint density at radius 3 is 2.53 bits per heavy atom. The fourth-order valence-electron chi connectivity index (χ4n) is 1.72. The number of hydrogen-bond donors (Lipinski definition) is 2. The standard InChI is InChI=1S/C9H17F3N2O/c1-8(5-13,7-2-3-15-4-7)14-6-9(10,11)12/h7,14H,2-6,13H2,1H3. The summed E-state index contributed by atoms with van der Waals surface area (Å²) in [5.74, 6) is 0.0600. The molecule has 0 aromatic heterocycles. The third-order valence-electron chi connectivity index (χ3n) is 2.95. The van der Waals surface area contributed by atoms with Gasteiger partial charge in [0.2, 0.25) is 0 Å². The molecule has 0 aliphatic carbocycles. The molecule has 6 heteroatoms. The van der Waals surface area contributed by atoms with Crippen molar-refractivity contribution in [3.8, 4) is 0 Å². The van der Waals surface area contributed by atoms with E-state index in [4.69, 9.17) is 10.5 Å². The first kappa shape index (κ1) is 12.7. The third kappa shape index (κ3) is 3.62. The zero-order valence-corrected chi connectivity index (χ0v) is 8.73. The Morgan fingerprint density at radius 1 is 1.47 bits per heavy atom. The van der Waals surface area contributed by atoms with E-state index in [-0.39, 0.29) is 12.5 Å². The molecule has 2 atom stereocenters. The van der Waals surface area contributed by atoms with Crippen molar-refractivity contribution in [3.63, 3.8) is 0 Å². The first-order valence-corrected chi connectivity index (χ1v) is 4.97. The first-order chi connectivity index (χ1) is 6.87. The first-order valence-electron chi connectivity index (χ1n) is 4.97. The van der Waals surface area contributed by atoms with E-state index in [9.17, 15) is 13.2 Å². The molecule has 1 aliphatic heterocycles. The molecule has 0 spiro atoms. The van der Waals surface area contributed by atoms with Crippen molar-refractivity contribution < 1.29 is 17.9 Å². The van der Waals surface area contributed by atoms with Gasteiger partial charge in [-0.2, -0.15) is 13.2 Å². The van der Waals surface area contributed by atoms with Gasteiger partial charge in [-0.3, -0.25) is 0 Å². The number of ether oxygens (including phenoxy) is 1. The molecule has 90 valence electrons. The van der Waals surface area contributed by atoms with E-state index in [2.05, 4.69) is 5.32 Å². The van der Waals surface area contributed by atoms with Crippen molar-refractivity contribution in [2.75, 3.05) is 26.3 Å². The maximum Gasteiger partial charge on any atom is 0.401 e. The van der Waals surface area contributed by atoms with Gasteiger partial charge in [0.15, 0.2) is 0 Å². The maximum atomic E-state index is 12.1. The Kier molecular flexibility index (Phi) is 3.97. The number of nitrogens with one attached hydrogen (secondary N) is 1. The second-order valence-electron chi connectivity index (χ2n) is 4.15. The van der Waals surface area contributed by atoms with E-state index in [1.807, 2.05) is 0 Å². The summed E-state index contributed by atoms with van der Waals surface area (Å²) in [5, 5.41) is 2.50. The molecule has 3 N–H and O–H groups in total. The van der Waals surface area contributed by atoms with E-state index < -0.39 is 18.3 Å². The molecule has 1 heterocycles. The lowest BCUT2D eigenvalue weighted by atomic mass is 9.85. The van der Waals surface area contributed by atoms with Gasteiger partial charge in [0.25, 0.3) is 0 Å². The molecule has 0 saturated carbocycles. The molecule has 1 aliphatic rings.